The van der Waals surface area contributed by atoms with Gasteiger partial charge in [-0.2, -0.15) is 4.68 Å². The summed E-state index contributed by atoms with van der Waals surface area (Å²) in [4.78, 5) is 26.1. The highest BCUT2D eigenvalue weighted by Gasteiger charge is 2.49. The lowest BCUT2D eigenvalue weighted by molar-refractivity contribution is -0.125. The number of carbonyl (C=O) groups excluding carboxylic acids is 2. The molecule has 51 heavy (non-hydrogen) atoms. The number of Topliss-reactive ketones (excluding diaryl/α,β-unsaturated/α-hetero) is 1. The van der Waals surface area contributed by atoms with Crippen molar-refractivity contribution in [2.24, 2.45) is 0 Å². The molecule has 1 amide bonds. The molecule has 0 spiro atoms. The first-order valence-corrected chi connectivity index (χ1v) is 19.6. The fraction of sp³-hybridized carbons (Fsp3) is 0.488. The number of nitrogens with zero attached hydrogens (tertiary/aromatic N) is 4. The third kappa shape index (κ3) is 12.9. The van der Waals surface area contributed by atoms with Crippen molar-refractivity contribution in [1.82, 2.24) is 20.2 Å². The van der Waals surface area contributed by atoms with Gasteiger partial charge < -0.3 is 14.8 Å². The molecule has 10 heteroatoms. The highest BCUT2D eigenvalue weighted by molar-refractivity contribution is 8.02. The molecule has 0 aliphatic heterocycles. The molecule has 0 saturated carbocycles. The maximum Gasteiger partial charge on any atom is 0.276 e. The van der Waals surface area contributed by atoms with E-state index in [2.05, 4.69) is 27.8 Å². The van der Waals surface area contributed by atoms with E-state index in [0.717, 1.165) is 24.6 Å². The monoisotopic (exact) mass is 713 g/mol. The second-order valence-corrected chi connectivity index (χ2v) is 14.1. The summed E-state index contributed by atoms with van der Waals surface area (Å²) < 4.78 is 13.3. The van der Waals surface area contributed by atoms with E-state index in [0.29, 0.717) is 29.3 Å². The number of para-hydroxylation sites is 2. The normalized spacial score (nSPS) is 12.4. The maximum atomic E-state index is 14.2. The van der Waals surface area contributed by atoms with Crippen LogP contribution in [-0.4, -0.2) is 50.5 Å². The number of unbranched alkanes of at least 4 members (excludes halogenated alkanes) is 15. The van der Waals surface area contributed by atoms with Gasteiger partial charge in [-0.25, -0.2) is 0 Å². The van der Waals surface area contributed by atoms with Crippen LogP contribution >= 0.6 is 11.8 Å². The number of anilines is 1. The standard InChI is InChI=1S/C41H55N5O4S/c1-3-4-5-6-7-8-9-10-11-12-13-14-15-16-17-24-33-50-37-31-29-34(30-32-37)38(47)41(49-2,39(48)42-35-25-20-18-21-26-35)51-40-43-44-45-46(40)36-27-22-19-23-28-36/h18-23,25-32H,3-17,24,33H2,1-2H3,(H,42,48). The van der Waals surface area contributed by atoms with Gasteiger partial charge in [0.05, 0.1) is 12.3 Å². The molecule has 274 valence electrons. The Morgan fingerprint density at radius 3 is 1.78 bits per heavy atom. The highest BCUT2D eigenvalue weighted by atomic mass is 32.2. The Balaban J connectivity index is 1.24. The first-order chi connectivity index (χ1) is 25.1. The minimum absolute atomic E-state index is 0.221. The van der Waals surface area contributed by atoms with Gasteiger partial charge in [-0.1, -0.05) is 140 Å². The van der Waals surface area contributed by atoms with E-state index in [9.17, 15) is 9.59 Å². The number of carbonyl (C=O) groups is 2. The van der Waals surface area contributed by atoms with Crippen LogP contribution in [0.5, 0.6) is 5.75 Å². The third-order valence-electron chi connectivity index (χ3n) is 8.98. The number of ether oxygens (including phenoxy) is 2. The Labute approximate surface area is 308 Å². The van der Waals surface area contributed by atoms with E-state index >= 15 is 0 Å². The Bertz CT molecular complexity index is 1550. The zero-order chi connectivity index (χ0) is 36.0. The summed E-state index contributed by atoms with van der Waals surface area (Å²) >= 11 is 0.844. The smallest absolute Gasteiger partial charge is 0.276 e. The van der Waals surface area contributed by atoms with Crippen molar-refractivity contribution in [3.05, 3.63) is 90.5 Å². The number of nitrogens with one attached hydrogen (secondary N) is 1. The second kappa shape index (κ2) is 22.7. The number of methoxy groups -OCH3 is 1. The minimum Gasteiger partial charge on any atom is -0.494 e. The van der Waals surface area contributed by atoms with Crippen molar-refractivity contribution in [2.45, 2.75) is 120 Å². The van der Waals surface area contributed by atoms with Crippen LogP contribution in [0.15, 0.2) is 90.1 Å². The van der Waals surface area contributed by atoms with Gasteiger partial charge in [0, 0.05) is 18.4 Å². The number of benzene rings is 3. The molecule has 0 bridgehead atoms. The number of amides is 1. The lowest BCUT2D eigenvalue weighted by Crippen LogP contribution is -2.49. The number of ketones is 1. The van der Waals surface area contributed by atoms with Gasteiger partial charge in [0.1, 0.15) is 5.75 Å². The number of tetrazole rings is 1. The summed E-state index contributed by atoms with van der Waals surface area (Å²) in [5.41, 5.74) is 1.50. The van der Waals surface area contributed by atoms with Crippen LogP contribution in [-0.2, 0) is 9.53 Å². The molecule has 9 nitrogen and oxygen atoms in total. The van der Waals surface area contributed by atoms with E-state index in [1.165, 1.54) is 102 Å². The van der Waals surface area contributed by atoms with Crippen molar-refractivity contribution >= 4 is 29.1 Å². The molecule has 4 aromatic rings. The summed E-state index contributed by atoms with van der Waals surface area (Å²) in [5.74, 6) is -0.530. The first kappa shape index (κ1) is 39.8. The second-order valence-electron chi connectivity index (χ2n) is 13.0. The molecule has 1 unspecified atom stereocenters. The molecule has 1 heterocycles. The number of rotatable bonds is 26. The third-order valence-corrected chi connectivity index (χ3v) is 10.2. The topological polar surface area (TPSA) is 108 Å². The van der Waals surface area contributed by atoms with Gasteiger partial charge >= 0.3 is 0 Å². The van der Waals surface area contributed by atoms with Crippen LogP contribution < -0.4 is 10.1 Å². The fourth-order valence-electron chi connectivity index (χ4n) is 5.99. The van der Waals surface area contributed by atoms with E-state index < -0.39 is 16.6 Å². The van der Waals surface area contributed by atoms with Crippen LogP contribution in [0.2, 0.25) is 0 Å². The van der Waals surface area contributed by atoms with Crippen molar-refractivity contribution in [3.63, 3.8) is 0 Å². The predicted octanol–water partition coefficient (Wildman–Crippen LogP) is 10.3. The average Bonchev–Trinajstić information content (AvgIpc) is 3.64. The zero-order valence-corrected chi connectivity index (χ0v) is 31.3. The summed E-state index contributed by atoms with van der Waals surface area (Å²) in [5, 5.41) is 15.1. The summed E-state index contributed by atoms with van der Waals surface area (Å²) in [6.07, 6.45) is 21.2. The van der Waals surface area contributed by atoms with Crippen molar-refractivity contribution in [1.29, 1.82) is 0 Å². The van der Waals surface area contributed by atoms with Gasteiger partial charge in [-0.05, 0) is 77.1 Å². The summed E-state index contributed by atoms with van der Waals surface area (Å²) in [6.45, 7) is 2.89. The largest absolute Gasteiger partial charge is 0.494 e. The molecule has 0 saturated heterocycles. The first-order valence-electron chi connectivity index (χ1n) is 18.8. The zero-order valence-electron chi connectivity index (χ0n) is 30.4. The molecule has 0 aliphatic carbocycles. The maximum absolute atomic E-state index is 14.2. The Kier molecular flexibility index (Phi) is 17.7. The molecule has 0 aliphatic rings. The van der Waals surface area contributed by atoms with Crippen LogP contribution in [0.3, 0.4) is 0 Å². The van der Waals surface area contributed by atoms with Gasteiger partial charge in [0.25, 0.3) is 10.8 Å². The predicted molar refractivity (Wildman–Crippen MR) is 206 cm³/mol. The molecule has 4 rings (SSSR count). The molecule has 3 aromatic carbocycles. The number of aromatic nitrogens is 4. The Hall–Kier alpha value is -4.02. The molecule has 1 atom stereocenters. The van der Waals surface area contributed by atoms with Crippen LogP contribution in [0.1, 0.15) is 120 Å². The van der Waals surface area contributed by atoms with E-state index in [4.69, 9.17) is 9.47 Å². The quantitative estimate of drug-likeness (QED) is 0.0225. The molecule has 1 aromatic heterocycles. The molecule has 0 radical (unpaired) electrons. The highest BCUT2D eigenvalue weighted by Crippen LogP contribution is 2.38. The van der Waals surface area contributed by atoms with E-state index in [1.54, 1.807) is 48.5 Å². The lowest BCUT2D eigenvalue weighted by atomic mass is 10.0. The minimum atomic E-state index is -2.03. The van der Waals surface area contributed by atoms with Crippen molar-refractivity contribution in [2.75, 3.05) is 19.0 Å². The SMILES string of the molecule is CCCCCCCCCCCCCCCCCCOc1ccc(C(=O)C(OC)(Sc2nnnn2-c2ccccc2)C(=O)Nc2ccccc2)cc1. The molecule has 0 fully saturated rings. The molecular formula is C41H55N5O4S. The average molecular weight is 714 g/mol. The van der Waals surface area contributed by atoms with E-state index in [-0.39, 0.29) is 5.16 Å². The number of thioether (sulfide) groups is 1. The van der Waals surface area contributed by atoms with Crippen LogP contribution in [0.4, 0.5) is 5.69 Å². The summed E-state index contributed by atoms with van der Waals surface area (Å²) in [7, 11) is 1.33. The number of hydrogen-bond acceptors (Lipinski definition) is 8. The molecular weight excluding hydrogens is 659 g/mol. The van der Waals surface area contributed by atoms with Gasteiger partial charge in [-0.15, -0.1) is 5.10 Å². The van der Waals surface area contributed by atoms with Gasteiger partial charge in [0.2, 0.25) is 10.9 Å². The van der Waals surface area contributed by atoms with Gasteiger partial charge in [-0.3, -0.25) is 9.59 Å². The van der Waals surface area contributed by atoms with Crippen LogP contribution in [0, 0.1) is 0 Å². The Morgan fingerprint density at radius 2 is 1.24 bits per heavy atom. The lowest BCUT2D eigenvalue weighted by Gasteiger charge is -2.28. The fourth-order valence-corrected chi connectivity index (χ4v) is 6.99. The van der Waals surface area contributed by atoms with Crippen molar-refractivity contribution in [3.8, 4) is 11.4 Å². The van der Waals surface area contributed by atoms with E-state index in [1.807, 2.05) is 36.4 Å². The van der Waals surface area contributed by atoms with Gasteiger partial charge in [0.15, 0.2) is 0 Å². The number of hydrogen-bond donors (Lipinski definition) is 1. The van der Waals surface area contributed by atoms with Crippen molar-refractivity contribution < 1.29 is 19.1 Å². The molecule has 1 N–H and O–H groups in total. The van der Waals surface area contributed by atoms with Crippen LogP contribution in [0.25, 0.3) is 5.69 Å². The summed E-state index contributed by atoms with van der Waals surface area (Å²) in [6, 6.07) is 25.0. The Morgan fingerprint density at radius 1 is 0.706 bits per heavy atom.